The molecule has 8 heteroatoms. The number of hydrogen-bond donors (Lipinski definition) is 2. The normalized spacial score (nSPS) is 22.9. The molecule has 2 atom stereocenters. The minimum absolute atomic E-state index is 0.0438. The lowest BCUT2D eigenvalue weighted by Gasteiger charge is -2.40. The van der Waals surface area contributed by atoms with Gasteiger partial charge in [-0.25, -0.2) is 0 Å². The molecule has 21 heavy (non-hydrogen) atoms. The summed E-state index contributed by atoms with van der Waals surface area (Å²) in [6, 6.07) is 2.60. The second kappa shape index (κ2) is 5.27. The summed E-state index contributed by atoms with van der Waals surface area (Å²) in [5, 5.41) is 23.8. The smallest absolute Gasteiger partial charge is 0.293 e. The van der Waals surface area contributed by atoms with Crippen molar-refractivity contribution in [3.8, 4) is 5.75 Å². The highest BCUT2D eigenvalue weighted by Crippen LogP contribution is 2.46. The van der Waals surface area contributed by atoms with Gasteiger partial charge in [-0.3, -0.25) is 14.9 Å². The zero-order chi connectivity index (χ0) is 15.9. The van der Waals surface area contributed by atoms with Crippen LogP contribution < -0.4 is 10.1 Å². The van der Waals surface area contributed by atoms with Crippen LogP contribution in [-0.4, -0.2) is 26.4 Å². The second-order valence-corrected chi connectivity index (χ2v) is 6.38. The van der Waals surface area contributed by atoms with Crippen molar-refractivity contribution in [2.75, 3.05) is 5.32 Å². The fourth-order valence-corrected chi connectivity index (χ4v) is 2.60. The number of anilines is 1. The summed E-state index contributed by atoms with van der Waals surface area (Å²) >= 11 is 3.35. The minimum atomic E-state index is -0.950. The molecule has 0 saturated carbocycles. The molecule has 1 aliphatic rings. The van der Waals surface area contributed by atoms with Crippen LogP contribution in [0.4, 0.5) is 11.4 Å². The van der Waals surface area contributed by atoms with Crippen LogP contribution in [0.15, 0.2) is 12.1 Å². The third kappa shape index (κ3) is 2.86. The lowest BCUT2D eigenvalue weighted by Crippen LogP contribution is -2.45. The number of rotatable bonds is 2. The molecule has 1 heterocycles. The molecule has 0 bridgehead atoms. The first-order chi connectivity index (χ1) is 9.63. The number of carbonyl (C=O) groups excluding carboxylic acids is 1. The zero-order valence-corrected chi connectivity index (χ0v) is 13.3. The average Bonchev–Trinajstić information content (AvgIpc) is 2.34. The van der Waals surface area contributed by atoms with Gasteiger partial charge in [-0.1, -0.05) is 15.9 Å². The number of nitrogens with one attached hydrogen (secondary N) is 1. The van der Waals surface area contributed by atoms with Crippen molar-refractivity contribution in [1.29, 1.82) is 0 Å². The van der Waals surface area contributed by atoms with Gasteiger partial charge in [-0.2, -0.15) is 0 Å². The van der Waals surface area contributed by atoms with E-state index in [-0.39, 0.29) is 11.4 Å². The Hall–Kier alpha value is -1.67. The van der Waals surface area contributed by atoms with Crippen molar-refractivity contribution in [1.82, 2.24) is 0 Å². The van der Waals surface area contributed by atoms with Gasteiger partial charge in [0.2, 0.25) is 5.91 Å². The molecule has 7 nitrogen and oxygen atoms in total. The molecule has 0 saturated heterocycles. The van der Waals surface area contributed by atoms with Crippen molar-refractivity contribution in [3.63, 3.8) is 0 Å². The van der Waals surface area contributed by atoms with Crippen molar-refractivity contribution in [3.05, 3.63) is 27.8 Å². The summed E-state index contributed by atoms with van der Waals surface area (Å²) < 4.78 is 5.78. The Morgan fingerprint density at radius 3 is 2.67 bits per heavy atom. The maximum Gasteiger partial charge on any atom is 0.293 e. The number of halogens is 1. The molecular formula is C13H15BrN2O5. The minimum Gasteiger partial charge on any atom is -0.486 e. The van der Waals surface area contributed by atoms with Crippen LogP contribution in [0, 0.1) is 10.1 Å². The Balaban J connectivity index is 2.59. The lowest BCUT2D eigenvalue weighted by atomic mass is 9.91. The molecule has 0 aliphatic carbocycles. The van der Waals surface area contributed by atoms with Crippen LogP contribution in [-0.2, 0) is 4.79 Å². The summed E-state index contributed by atoms with van der Waals surface area (Å²) in [6.07, 6.45) is -0.950. The standard InChI is InChI=1S/C13H15BrN2O5/c1-6(17)15-8-5-10-7(4-9(8)16(19)20)11(18)12(14)13(2,3)21-10/h4-5,11-12,18H,1-3H3,(H,15,17). The highest BCUT2D eigenvalue weighted by atomic mass is 79.9. The Morgan fingerprint density at radius 1 is 1.52 bits per heavy atom. The third-order valence-electron chi connectivity index (χ3n) is 3.27. The molecule has 0 spiro atoms. The number of alkyl halides is 1. The number of aliphatic hydroxyl groups excluding tert-OH is 1. The average molecular weight is 359 g/mol. The van der Waals surface area contributed by atoms with Crippen molar-refractivity contribution < 1.29 is 19.6 Å². The van der Waals surface area contributed by atoms with E-state index in [2.05, 4.69) is 21.2 Å². The van der Waals surface area contributed by atoms with E-state index in [0.717, 1.165) is 0 Å². The molecule has 2 unspecified atom stereocenters. The molecule has 0 aromatic heterocycles. The van der Waals surface area contributed by atoms with Gasteiger partial charge in [-0.15, -0.1) is 0 Å². The van der Waals surface area contributed by atoms with Crippen LogP contribution in [0.3, 0.4) is 0 Å². The van der Waals surface area contributed by atoms with Gasteiger partial charge in [0.25, 0.3) is 5.69 Å². The molecule has 2 N–H and O–H groups in total. The quantitative estimate of drug-likeness (QED) is 0.480. The van der Waals surface area contributed by atoms with E-state index in [0.29, 0.717) is 11.3 Å². The maximum absolute atomic E-state index is 11.2. The molecule has 1 aromatic carbocycles. The van der Waals surface area contributed by atoms with Gasteiger partial charge in [-0.05, 0) is 13.8 Å². The number of nitro benzene ring substituents is 1. The predicted octanol–water partition coefficient (Wildman–Crippen LogP) is 2.52. The van der Waals surface area contributed by atoms with Crippen molar-refractivity contribution in [2.24, 2.45) is 0 Å². The Labute approximate surface area is 129 Å². The largest absolute Gasteiger partial charge is 0.486 e. The van der Waals surface area contributed by atoms with Gasteiger partial charge in [0, 0.05) is 24.6 Å². The Bertz CT molecular complexity index is 617. The summed E-state index contributed by atoms with van der Waals surface area (Å²) in [5.74, 6) is -0.107. The number of carbonyl (C=O) groups is 1. The topological polar surface area (TPSA) is 102 Å². The van der Waals surface area contributed by atoms with Gasteiger partial charge < -0.3 is 15.2 Å². The van der Waals surface area contributed by atoms with Crippen LogP contribution in [0.2, 0.25) is 0 Å². The molecule has 2 rings (SSSR count). The van der Waals surface area contributed by atoms with E-state index >= 15 is 0 Å². The van der Waals surface area contributed by atoms with Gasteiger partial charge >= 0.3 is 0 Å². The summed E-state index contributed by atoms with van der Waals surface area (Å²) in [6.45, 7) is 4.84. The Morgan fingerprint density at radius 2 is 2.14 bits per heavy atom. The predicted molar refractivity (Wildman–Crippen MR) is 79.8 cm³/mol. The number of ether oxygens (including phenoxy) is 1. The number of aliphatic hydroxyl groups is 1. The lowest BCUT2D eigenvalue weighted by molar-refractivity contribution is -0.384. The monoisotopic (exact) mass is 358 g/mol. The van der Waals surface area contributed by atoms with E-state index < -0.39 is 27.4 Å². The van der Waals surface area contributed by atoms with Crippen molar-refractivity contribution >= 4 is 33.2 Å². The number of hydrogen-bond acceptors (Lipinski definition) is 5. The van der Waals surface area contributed by atoms with Gasteiger partial charge in [0.05, 0.1) is 15.9 Å². The highest BCUT2D eigenvalue weighted by Gasteiger charge is 2.42. The first kappa shape index (κ1) is 15.7. The van der Waals surface area contributed by atoms with Crippen LogP contribution >= 0.6 is 15.9 Å². The summed E-state index contributed by atoms with van der Waals surface area (Å²) in [7, 11) is 0. The highest BCUT2D eigenvalue weighted by molar-refractivity contribution is 9.09. The fourth-order valence-electron chi connectivity index (χ4n) is 2.22. The first-order valence-corrected chi connectivity index (χ1v) is 7.16. The molecular weight excluding hydrogens is 344 g/mol. The van der Waals surface area contributed by atoms with Crippen molar-refractivity contribution in [2.45, 2.75) is 37.3 Å². The van der Waals surface area contributed by atoms with E-state index in [1.807, 2.05) is 0 Å². The molecule has 0 radical (unpaired) electrons. The SMILES string of the molecule is CC(=O)Nc1cc2c(cc1[N+](=O)[O-])C(O)C(Br)C(C)(C)O2. The van der Waals surface area contributed by atoms with Crippen LogP contribution in [0.1, 0.15) is 32.4 Å². The molecule has 114 valence electrons. The molecule has 1 aromatic rings. The zero-order valence-electron chi connectivity index (χ0n) is 11.7. The van der Waals surface area contributed by atoms with E-state index in [4.69, 9.17) is 4.74 Å². The number of nitrogens with zero attached hydrogens (tertiary/aromatic N) is 1. The maximum atomic E-state index is 11.2. The van der Waals surface area contributed by atoms with Gasteiger partial charge in [0.1, 0.15) is 17.0 Å². The summed E-state index contributed by atoms with van der Waals surface area (Å²) in [4.78, 5) is 21.3. The van der Waals surface area contributed by atoms with Gasteiger partial charge in [0.15, 0.2) is 0 Å². The third-order valence-corrected chi connectivity index (χ3v) is 4.87. The first-order valence-electron chi connectivity index (χ1n) is 6.24. The number of amides is 1. The second-order valence-electron chi connectivity index (χ2n) is 5.40. The molecule has 1 amide bonds. The number of benzene rings is 1. The van der Waals surface area contributed by atoms with E-state index in [1.165, 1.54) is 19.1 Å². The van der Waals surface area contributed by atoms with Crippen LogP contribution in [0.5, 0.6) is 5.75 Å². The number of nitro groups is 1. The number of fused-ring (bicyclic) bond motifs is 1. The molecule has 1 aliphatic heterocycles. The Kier molecular flexibility index (Phi) is 3.94. The van der Waals surface area contributed by atoms with E-state index in [9.17, 15) is 20.0 Å². The fraction of sp³-hybridized carbons (Fsp3) is 0.462. The summed E-state index contributed by atoms with van der Waals surface area (Å²) in [5.41, 5.74) is -0.624. The van der Waals surface area contributed by atoms with Crippen LogP contribution in [0.25, 0.3) is 0 Å². The molecule has 0 fully saturated rings. The van der Waals surface area contributed by atoms with E-state index in [1.54, 1.807) is 13.8 Å².